The topological polar surface area (TPSA) is 41.6 Å². The van der Waals surface area contributed by atoms with Crippen molar-refractivity contribution < 1.29 is 9.53 Å². The Morgan fingerprint density at radius 3 is 2.70 bits per heavy atom. The maximum atomic E-state index is 11.6. The molecule has 130 valence electrons. The number of rotatable bonds is 6. The second-order valence-electron chi connectivity index (χ2n) is 5.91. The summed E-state index contributed by atoms with van der Waals surface area (Å²) in [6.45, 7) is 4.07. The minimum atomic E-state index is -0.316. The van der Waals surface area contributed by atoms with Crippen LogP contribution < -0.4 is 5.32 Å². The number of likely N-dealkylation sites (tertiary alicyclic amines) is 1. The number of piperidine rings is 1. The van der Waals surface area contributed by atoms with E-state index in [0.29, 0.717) is 10.6 Å². The van der Waals surface area contributed by atoms with Gasteiger partial charge in [0.15, 0.2) is 0 Å². The lowest BCUT2D eigenvalue weighted by molar-refractivity contribution is 0.0600. The van der Waals surface area contributed by atoms with Gasteiger partial charge in [-0.1, -0.05) is 11.6 Å². The summed E-state index contributed by atoms with van der Waals surface area (Å²) in [5.74, 6) is 0.504. The molecule has 1 aromatic carbocycles. The van der Waals surface area contributed by atoms with Gasteiger partial charge in [-0.15, -0.1) is 12.4 Å². The largest absolute Gasteiger partial charge is 0.465 e. The van der Waals surface area contributed by atoms with Crippen LogP contribution in [0.5, 0.6) is 0 Å². The summed E-state index contributed by atoms with van der Waals surface area (Å²) in [4.78, 5) is 14.0. The second kappa shape index (κ2) is 10.1. The molecule has 1 heterocycles. The molecule has 0 saturated carbocycles. The first-order valence-corrected chi connectivity index (χ1v) is 8.25. The van der Waals surface area contributed by atoms with Crippen molar-refractivity contribution >= 4 is 30.0 Å². The standard InChI is InChI=1S/C17H25ClN2O2.ClH/c1-19-8-5-13-6-9-20(10-7-13)12-15-11-14(17(21)22-2)3-4-16(15)18;/h3-4,11,13,19H,5-10,12H2,1-2H3;1H. The highest BCUT2D eigenvalue weighted by Gasteiger charge is 2.20. The van der Waals surface area contributed by atoms with Crippen LogP contribution in [-0.4, -0.2) is 44.7 Å². The maximum Gasteiger partial charge on any atom is 0.337 e. The molecule has 0 amide bonds. The van der Waals surface area contributed by atoms with Gasteiger partial charge in [0.1, 0.15) is 0 Å². The normalized spacial score (nSPS) is 16.0. The molecule has 0 aliphatic carbocycles. The molecule has 0 bridgehead atoms. The van der Waals surface area contributed by atoms with Crippen LogP contribution >= 0.6 is 24.0 Å². The van der Waals surface area contributed by atoms with E-state index in [1.54, 1.807) is 12.1 Å². The zero-order chi connectivity index (χ0) is 15.9. The molecule has 1 N–H and O–H groups in total. The Bertz CT molecular complexity index is 503. The summed E-state index contributed by atoms with van der Waals surface area (Å²) < 4.78 is 4.77. The first-order chi connectivity index (χ1) is 10.6. The van der Waals surface area contributed by atoms with E-state index in [2.05, 4.69) is 10.2 Å². The van der Waals surface area contributed by atoms with Crippen molar-refractivity contribution in [1.29, 1.82) is 0 Å². The molecule has 23 heavy (non-hydrogen) atoms. The fourth-order valence-electron chi connectivity index (χ4n) is 2.96. The number of nitrogens with one attached hydrogen (secondary N) is 1. The van der Waals surface area contributed by atoms with E-state index < -0.39 is 0 Å². The van der Waals surface area contributed by atoms with Crippen LogP contribution in [0.2, 0.25) is 5.02 Å². The highest BCUT2D eigenvalue weighted by molar-refractivity contribution is 6.31. The number of hydrogen-bond acceptors (Lipinski definition) is 4. The Labute approximate surface area is 149 Å². The Morgan fingerprint density at radius 2 is 2.09 bits per heavy atom. The fourth-order valence-corrected chi connectivity index (χ4v) is 3.14. The van der Waals surface area contributed by atoms with Crippen LogP contribution in [0.1, 0.15) is 35.2 Å². The van der Waals surface area contributed by atoms with E-state index in [4.69, 9.17) is 16.3 Å². The number of carbonyl (C=O) groups excluding carboxylic acids is 1. The zero-order valence-electron chi connectivity index (χ0n) is 13.8. The molecular weight excluding hydrogens is 335 g/mol. The average Bonchev–Trinajstić information content (AvgIpc) is 2.55. The number of ether oxygens (including phenoxy) is 1. The molecular formula is C17H26Cl2N2O2. The predicted octanol–water partition coefficient (Wildman–Crippen LogP) is 3.37. The number of esters is 1. The molecule has 2 rings (SSSR count). The van der Waals surface area contributed by atoms with Crippen molar-refractivity contribution in [1.82, 2.24) is 10.2 Å². The minimum absolute atomic E-state index is 0. The molecule has 0 unspecified atom stereocenters. The van der Waals surface area contributed by atoms with Crippen molar-refractivity contribution in [3.8, 4) is 0 Å². The van der Waals surface area contributed by atoms with Gasteiger partial charge >= 0.3 is 5.97 Å². The van der Waals surface area contributed by atoms with E-state index in [1.165, 1.54) is 26.4 Å². The number of methoxy groups -OCH3 is 1. The Kier molecular flexibility index (Phi) is 8.92. The van der Waals surface area contributed by atoms with Gasteiger partial charge in [-0.2, -0.15) is 0 Å². The number of benzene rings is 1. The molecule has 0 spiro atoms. The summed E-state index contributed by atoms with van der Waals surface area (Å²) in [7, 11) is 3.40. The minimum Gasteiger partial charge on any atom is -0.465 e. The third-order valence-electron chi connectivity index (χ3n) is 4.37. The van der Waals surface area contributed by atoms with Gasteiger partial charge in [0.05, 0.1) is 12.7 Å². The smallest absolute Gasteiger partial charge is 0.337 e. The Hall–Kier alpha value is -0.810. The van der Waals surface area contributed by atoms with E-state index >= 15 is 0 Å². The predicted molar refractivity (Wildman–Crippen MR) is 96.6 cm³/mol. The van der Waals surface area contributed by atoms with Crippen LogP contribution in [-0.2, 0) is 11.3 Å². The molecule has 6 heteroatoms. The van der Waals surface area contributed by atoms with Crippen LogP contribution in [0.25, 0.3) is 0 Å². The third kappa shape index (κ3) is 5.96. The highest BCUT2D eigenvalue weighted by atomic mass is 35.5. The number of carbonyl (C=O) groups is 1. The summed E-state index contributed by atoms with van der Waals surface area (Å²) in [5, 5.41) is 3.93. The van der Waals surface area contributed by atoms with Gasteiger partial charge in [-0.05, 0) is 75.6 Å². The molecule has 0 atom stereocenters. The molecule has 1 saturated heterocycles. The first kappa shape index (κ1) is 20.2. The van der Waals surface area contributed by atoms with Crippen LogP contribution in [0.4, 0.5) is 0 Å². The summed E-state index contributed by atoms with van der Waals surface area (Å²) in [6.07, 6.45) is 3.72. The number of nitrogens with zero attached hydrogens (tertiary/aromatic N) is 1. The number of hydrogen-bond donors (Lipinski definition) is 1. The number of halogens is 2. The molecule has 4 nitrogen and oxygen atoms in total. The van der Waals surface area contributed by atoms with E-state index in [1.807, 2.05) is 13.1 Å². The highest BCUT2D eigenvalue weighted by Crippen LogP contribution is 2.24. The van der Waals surface area contributed by atoms with Crippen molar-refractivity contribution in [3.63, 3.8) is 0 Å². The zero-order valence-corrected chi connectivity index (χ0v) is 15.4. The van der Waals surface area contributed by atoms with Crippen molar-refractivity contribution in [3.05, 3.63) is 34.3 Å². The van der Waals surface area contributed by atoms with Gasteiger partial charge in [0.2, 0.25) is 0 Å². The molecule has 0 radical (unpaired) electrons. The maximum absolute atomic E-state index is 11.6. The average molecular weight is 361 g/mol. The molecule has 1 aliphatic heterocycles. The van der Waals surface area contributed by atoms with E-state index in [9.17, 15) is 4.79 Å². The quantitative estimate of drug-likeness (QED) is 0.789. The van der Waals surface area contributed by atoms with Gasteiger partial charge in [0.25, 0.3) is 0 Å². The van der Waals surface area contributed by atoms with Crippen molar-refractivity contribution in [2.24, 2.45) is 5.92 Å². The van der Waals surface area contributed by atoms with E-state index in [-0.39, 0.29) is 18.4 Å². The van der Waals surface area contributed by atoms with Crippen LogP contribution in [0.15, 0.2) is 18.2 Å². The van der Waals surface area contributed by atoms with E-state index in [0.717, 1.165) is 37.7 Å². The van der Waals surface area contributed by atoms with Gasteiger partial charge in [0, 0.05) is 11.6 Å². The van der Waals surface area contributed by atoms with Crippen molar-refractivity contribution in [2.45, 2.75) is 25.8 Å². The van der Waals surface area contributed by atoms with Gasteiger partial charge < -0.3 is 10.1 Å². The summed E-state index contributed by atoms with van der Waals surface area (Å²) >= 11 is 6.27. The lowest BCUT2D eigenvalue weighted by atomic mass is 9.93. The van der Waals surface area contributed by atoms with Crippen molar-refractivity contribution in [2.75, 3.05) is 33.8 Å². The molecule has 1 aromatic rings. The monoisotopic (exact) mass is 360 g/mol. The van der Waals surface area contributed by atoms with Gasteiger partial charge in [-0.3, -0.25) is 4.90 Å². The van der Waals surface area contributed by atoms with Crippen LogP contribution in [0, 0.1) is 5.92 Å². The molecule has 0 aromatic heterocycles. The van der Waals surface area contributed by atoms with Crippen LogP contribution in [0.3, 0.4) is 0 Å². The lowest BCUT2D eigenvalue weighted by Crippen LogP contribution is -2.34. The summed E-state index contributed by atoms with van der Waals surface area (Å²) in [5.41, 5.74) is 1.56. The Morgan fingerprint density at radius 1 is 1.39 bits per heavy atom. The molecule has 1 aliphatic rings. The second-order valence-corrected chi connectivity index (χ2v) is 6.32. The Balaban J connectivity index is 0.00000264. The third-order valence-corrected chi connectivity index (χ3v) is 4.74. The first-order valence-electron chi connectivity index (χ1n) is 7.87. The SMILES string of the molecule is CNCCC1CCN(Cc2cc(C(=O)OC)ccc2Cl)CC1.Cl. The van der Waals surface area contributed by atoms with Gasteiger partial charge in [-0.25, -0.2) is 4.79 Å². The lowest BCUT2D eigenvalue weighted by Gasteiger charge is -2.32. The molecule has 1 fully saturated rings. The summed E-state index contributed by atoms with van der Waals surface area (Å²) in [6, 6.07) is 5.34. The fraction of sp³-hybridized carbons (Fsp3) is 0.588.